The normalized spacial score (nSPS) is 13.1. The molecule has 0 amide bonds. The van der Waals surface area contributed by atoms with Crippen LogP contribution in [-0.2, 0) is 7.05 Å². The summed E-state index contributed by atoms with van der Waals surface area (Å²) in [6, 6.07) is 0.163. The molecule has 1 aromatic rings. The van der Waals surface area contributed by atoms with Gasteiger partial charge in [0.05, 0.1) is 6.20 Å². The largest absolute Gasteiger partial charge is 0.324 e. The van der Waals surface area contributed by atoms with E-state index in [1.807, 2.05) is 17.9 Å². The van der Waals surface area contributed by atoms with E-state index in [1.165, 1.54) is 36.9 Å². The van der Waals surface area contributed by atoms with E-state index in [0.717, 1.165) is 6.42 Å². The van der Waals surface area contributed by atoms with Gasteiger partial charge in [-0.05, 0) is 13.3 Å². The van der Waals surface area contributed by atoms with E-state index >= 15 is 0 Å². The molecular formula is C12H23N3. The third-order valence-corrected chi connectivity index (χ3v) is 3.04. The van der Waals surface area contributed by atoms with Crippen LogP contribution in [0.5, 0.6) is 0 Å². The van der Waals surface area contributed by atoms with Gasteiger partial charge in [0.1, 0.15) is 0 Å². The fourth-order valence-electron chi connectivity index (χ4n) is 1.83. The van der Waals surface area contributed by atoms with Crippen molar-refractivity contribution in [1.82, 2.24) is 9.78 Å². The van der Waals surface area contributed by atoms with Gasteiger partial charge < -0.3 is 5.73 Å². The maximum Gasteiger partial charge on any atom is 0.0540 e. The lowest BCUT2D eigenvalue weighted by molar-refractivity contribution is 0.563. The van der Waals surface area contributed by atoms with E-state index in [2.05, 4.69) is 18.9 Å². The summed E-state index contributed by atoms with van der Waals surface area (Å²) in [5, 5.41) is 4.22. The van der Waals surface area contributed by atoms with Gasteiger partial charge >= 0.3 is 0 Å². The number of unbranched alkanes of at least 4 members (excludes halogenated alkanes) is 3. The topological polar surface area (TPSA) is 43.8 Å². The number of hydrogen-bond donors (Lipinski definition) is 1. The lowest BCUT2D eigenvalue weighted by Gasteiger charge is -2.10. The van der Waals surface area contributed by atoms with Gasteiger partial charge in [0.2, 0.25) is 0 Å². The SMILES string of the molecule is CCCCCCC(N)c1cnn(C)c1C. The van der Waals surface area contributed by atoms with Crippen molar-refractivity contribution in [2.75, 3.05) is 0 Å². The first kappa shape index (κ1) is 12.2. The molecule has 15 heavy (non-hydrogen) atoms. The smallest absolute Gasteiger partial charge is 0.0540 e. The Morgan fingerprint density at radius 3 is 2.67 bits per heavy atom. The second kappa shape index (κ2) is 5.91. The number of aryl methyl sites for hydroxylation is 1. The standard InChI is InChI=1S/C12H23N3/c1-4-5-6-7-8-12(13)11-9-14-15(3)10(11)2/h9,12H,4-8,13H2,1-3H3. The van der Waals surface area contributed by atoms with Gasteiger partial charge in [-0.2, -0.15) is 5.10 Å². The van der Waals surface area contributed by atoms with Crippen molar-refractivity contribution in [3.05, 3.63) is 17.5 Å². The molecule has 1 aromatic heterocycles. The molecular weight excluding hydrogens is 186 g/mol. The molecule has 1 heterocycles. The minimum absolute atomic E-state index is 0.163. The van der Waals surface area contributed by atoms with E-state index < -0.39 is 0 Å². The summed E-state index contributed by atoms with van der Waals surface area (Å²) >= 11 is 0. The minimum Gasteiger partial charge on any atom is -0.324 e. The number of nitrogens with zero attached hydrogens (tertiary/aromatic N) is 2. The van der Waals surface area contributed by atoms with E-state index in [9.17, 15) is 0 Å². The highest BCUT2D eigenvalue weighted by Crippen LogP contribution is 2.20. The van der Waals surface area contributed by atoms with Gasteiger partial charge in [-0.3, -0.25) is 4.68 Å². The molecule has 86 valence electrons. The van der Waals surface area contributed by atoms with Crippen LogP contribution in [-0.4, -0.2) is 9.78 Å². The first-order chi connectivity index (χ1) is 7.16. The van der Waals surface area contributed by atoms with E-state index in [-0.39, 0.29) is 6.04 Å². The Morgan fingerprint density at radius 2 is 2.13 bits per heavy atom. The number of aromatic nitrogens is 2. The Morgan fingerprint density at radius 1 is 1.40 bits per heavy atom. The molecule has 1 unspecified atom stereocenters. The third kappa shape index (κ3) is 3.34. The molecule has 2 N–H and O–H groups in total. The van der Waals surface area contributed by atoms with Gasteiger partial charge in [0.15, 0.2) is 0 Å². The van der Waals surface area contributed by atoms with Crippen molar-refractivity contribution >= 4 is 0 Å². The van der Waals surface area contributed by atoms with E-state index in [4.69, 9.17) is 5.73 Å². The maximum absolute atomic E-state index is 6.14. The fourth-order valence-corrected chi connectivity index (χ4v) is 1.83. The zero-order valence-corrected chi connectivity index (χ0v) is 10.2. The van der Waals surface area contributed by atoms with Gasteiger partial charge in [0.25, 0.3) is 0 Å². The Balaban J connectivity index is 2.40. The summed E-state index contributed by atoms with van der Waals surface area (Å²) in [6.07, 6.45) is 8.10. The summed E-state index contributed by atoms with van der Waals surface area (Å²) in [5.74, 6) is 0. The summed E-state index contributed by atoms with van der Waals surface area (Å²) in [4.78, 5) is 0. The first-order valence-corrected chi connectivity index (χ1v) is 5.91. The fraction of sp³-hybridized carbons (Fsp3) is 0.750. The van der Waals surface area contributed by atoms with Crippen LogP contribution in [0.2, 0.25) is 0 Å². The Labute approximate surface area is 92.7 Å². The Kier molecular flexibility index (Phi) is 4.82. The molecule has 0 aliphatic carbocycles. The van der Waals surface area contributed by atoms with Crippen LogP contribution in [0.25, 0.3) is 0 Å². The highest BCUT2D eigenvalue weighted by atomic mass is 15.3. The predicted molar refractivity (Wildman–Crippen MR) is 63.6 cm³/mol. The number of hydrogen-bond acceptors (Lipinski definition) is 2. The van der Waals surface area contributed by atoms with Crippen LogP contribution >= 0.6 is 0 Å². The molecule has 0 saturated carbocycles. The first-order valence-electron chi connectivity index (χ1n) is 5.91. The van der Waals surface area contributed by atoms with Gasteiger partial charge in [-0.1, -0.05) is 32.6 Å². The van der Waals surface area contributed by atoms with Crippen molar-refractivity contribution in [1.29, 1.82) is 0 Å². The van der Waals surface area contributed by atoms with Crippen molar-refractivity contribution in [2.24, 2.45) is 12.8 Å². The van der Waals surface area contributed by atoms with Crippen LogP contribution in [0.3, 0.4) is 0 Å². The van der Waals surface area contributed by atoms with Crippen LogP contribution in [0, 0.1) is 6.92 Å². The molecule has 0 aliphatic rings. The average molecular weight is 209 g/mol. The molecule has 3 nitrogen and oxygen atoms in total. The van der Waals surface area contributed by atoms with Crippen molar-refractivity contribution in [2.45, 2.75) is 52.0 Å². The Hall–Kier alpha value is -0.830. The molecule has 3 heteroatoms. The van der Waals surface area contributed by atoms with Crippen LogP contribution in [0.1, 0.15) is 56.3 Å². The quantitative estimate of drug-likeness (QED) is 0.732. The lowest BCUT2D eigenvalue weighted by atomic mass is 10.0. The Bertz CT molecular complexity index is 291. The van der Waals surface area contributed by atoms with Crippen molar-refractivity contribution in [3.8, 4) is 0 Å². The van der Waals surface area contributed by atoms with Crippen LogP contribution in [0.4, 0.5) is 0 Å². The van der Waals surface area contributed by atoms with Crippen molar-refractivity contribution in [3.63, 3.8) is 0 Å². The molecule has 0 radical (unpaired) electrons. The number of rotatable bonds is 6. The van der Waals surface area contributed by atoms with Crippen molar-refractivity contribution < 1.29 is 0 Å². The summed E-state index contributed by atoms with van der Waals surface area (Å²) in [7, 11) is 1.96. The van der Waals surface area contributed by atoms with E-state index in [1.54, 1.807) is 0 Å². The molecule has 0 saturated heterocycles. The van der Waals surface area contributed by atoms with Gasteiger partial charge in [-0.15, -0.1) is 0 Å². The zero-order valence-electron chi connectivity index (χ0n) is 10.2. The highest BCUT2D eigenvalue weighted by molar-refractivity contribution is 5.19. The van der Waals surface area contributed by atoms with Crippen LogP contribution < -0.4 is 5.73 Å². The molecule has 1 atom stereocenters. The minimum atomic E-state index is 0.163. The summed E-state index contributed by atoms with van der Waals surface area (Å²) < 4.78 is 1.89. The lowest BCUT2D eigenvalue weighted by Crippen LogP contribution is -2.11. The monoisotopic (exact) mass is 209 g/mol. The summed E-state index contributed by atoms with van der Waals surface area (Å²) in [5.41, 5.74) is 8.53. The highest BCUT2D eigenvalue weighted by Gasteiger charge is 2.11. The second-order valence-corrected chi connectivity index (χ2v) is 4.26. The molecule has 0 aromatic carbocycles. The van der Waals surface area contributed by atoms with E-state index in [0.29, 0.717) is 0 Å². The number of nitrogens with two attached hydrogens (primary N) is 1. The van der Waals surface area contributed by atoms with Gasteiger partial charge in [-0.25, -0.2) is 0 Å². The maximum atomic E-state index is 6.14. The van der Waals surface area contributed by atoms with Crippen LogP contribution in [0.15, 0.2) is 6.20 Å². The predicted octanol–water partition coefficient (Wildman–Crippen LogP) is 2.70. The van der Waals surface area contributed by atoms with Gasteiger partial charge in [0, 0.05) is 24.3 Å². The molecule has 0 aliphatic heterocycles. The third-order valence-electron chi connectivity index (χ3n) is 3.04. The second-order valence-electron chi connectivity index (χ2n) is 4.26. The average Bonchev–Trinajstić information content (AvgIpc) is 2.55. The summed E-state index contributed by atoms with van der Waals surface area (Å²) in [6.45, 7) is 4.30. The molecule has 0 fully saturated rings. The molecule has 1 rings (SSSR count). The molecule has 0 spiro atoms. The molecule has 0 bridgehead atoms. The zero-order chi connectivity index (χ0) is 11.3.